The van der Waals surface area contributed by atoms with E-state index in [0.29, 0.717) is 34.6 Å². The van der Waals surface area contributed by atoms with Crippen molar-refractivity contribution < 1.29 is 53.7 Å². The molecular formula is C49H46N2O11. The maximum absolute atomic E-state index is 15.1. The molecule has 6 aliphatic rings. The van der Waals surface area contributed by atoms with Crippen LogP contribution in [0.1, 0.15) is 91.8 Å². The third-order valence-electron chi connectivity index (χ3n) is 14.2. The zero-order valence-corrected chi connectivity index (χ0v) is 34.1. The molecule has 8 unspecified atom stereocenters. The van der Waals surface area contributed by atoms with Crippen molar-refractivity contribution in [2.24, 2.45) is 5.92 Å². The first-order valence-corrected chi connectivity index (χ1v) is 21.4. The Morgan fingerprint density at radius 3 is 2.77 bits per heavy atom. The van der Waals surface area contributed by atoms with Crippen LogP contribution in [-0.4, -0.2) is 99.1 Å². The van der Waals surface area contributed by atoms with Gasteiger partial charge in [0.05, 0.1) is 43.4 Å². The molecule has 8 bridgehead atoms. The number of aromatic hydroxyl groups is 1. The molecule has 318 valence electrons. The van der Waals surface area contributed by atoms with Crippen LogP contribution in [0.5, 0.6) is 17.2 Å². The molecule has 13 heteroatoms. The number of para-hydroxylation sites is 1. The summed E-state index contributed by atoms with van der Waals surface area (Å²) in [7, 11) is 1.53. The van der Waals surface area contributed by atoms with Crippen LogP contribution in [0.15, 0.2) is 60.8 Å². The van der Waals surface area contributed by atoms with Crippen LogP contribution in [-0.2, 0) is 33.6 Å². The summed E-state index contributed by atoms with van der Waals surface area (Å²) in [5.74, 6) is 2.67. The third kappa shape index (κ3) is 5.88. The number of fused-ring (bicyclic) bond motifs is 10. The van der Waals surface area contributed by atoms with E-state index < -0.39 is 48.7 Å². The molecule has 4 aliphatic heterocycles. The molecule has 2 fully saturated rings. The maximum atomic E-state index is 15.1. The number of phenols is 1. The first kappa shape index (κ1) is 39.0. The van der Waals surface area contributed by atoms with Gasteiger partial charge in [-0.25, -0.2) is 0 Å². The number of phenolic OH excluding ortho intramolecular Hbond substituents is 1. The number of nitrogens with one attached hydrogen (secondary N) is 1. The number of carbonyl (C=O) groups is 2. The topological polar surface area (TPSA) is 180 Å². The van der Waals surface area contributed by atoms with Crippen LogP contribution in [0.3, 0.4) is 0 Å². The number of rotatable bonds is 3. The number of nitrogens with zero attached hydrogens (tertiary/aromatic N) is 1. The highest BCUT2D eigenvalue weighted by Gasteiger charge is 2.59. The zero-order chi connectivity index (χ0) is 42.4. The summed E-state index contributed by atoms with van der Waals surface area (Å²) in [5.41, 5.74) is 3.34. The summed E-state index contributed by atoms with van der Waals surface area (Å²) in [5, 5.41) is 50.1. The summed E-state index contributed by atoms with van der Waals surface area (Å²) in [6, 6.07) is 15.0. The van der Waals surface area contributed by atoms with Crippen molar-refractivity contribution in [3.8, 4) is 29.3 Å². The average molecular weight is 839 g/mol. The fourth-order valence-electron chi connectivity index (χ4n) is 11.1. The molecule has 11 rings (SSSR count). The van der Waals surface area contributed by atoms with Gasteiger partial charge in [-0.1, -0.05) is 48.7 Å². The molecule has 2 aliphatic carbocycles. The summed E-state index contributed by atoms with van der Waals surface area (Å²) < 4.78 is 32.0. The second kappa shape index (κ2) is 14.9. The highest BCUT2D eigenvalue weighted by atomic mass is 16.7. The molecule has 8 atom stereocenters. The van der Waals surface area contributed by atoms with Crippen molar-refractivity contribution in [3.05, 3.63) is 105 Å². The van der Waals surface area contributed by atoms with Gasteiger partial charge in [-0.2, -0.15) is 0 Å². The average Bonchev–Trinajstić information content (AvgIpc) is 4.02. The number of benzene rings is 4. The van der Waals surface area contributed by atoms with Crippen LogP contribution >= 0.6 is 0 Å². The predicted molar refractivity (Wildman–Crippen MR) is 226 cm³/mol. The molecule has 0 radical (unpaired) electrons. The van der Waals surface area contributed by atoms with Crippen LogP contribution < -0.4 is 9.47 Å². The van der Waals surface area contributed by atoms with Crippen molar-refractivity contribution >= 4 is 39.4 Å². The maximum Gasteiger partial charge on any atom is 0.254 e. The van der Waals surface area contributed by atoms with Crippen molar-refractivity contribution in [1.29, 1.82) is 0 Å². The Hall–Kier alpha value is -5.88. The van der Waals surface area contributed by atoms with Gasteiger partial charge in [0.1, 0.15) is 41.7 Å². The van der Waals surface area contributed by atoms with E-state index in [4.69, 9.17) is 23.7 Å². The molecule has 1 saturated carbocycles. The number of aromatic amines is 1. The summed E-state index contributed by atoms with van der Waals surface area (Å²) in [4.78, 5) is 33.9. The SMILES string of the molecule is COc1cc2c3c(c4c(O)c2c2c1C=CC(c1c[nH]c5ccccc15)OCC1OC(O2)C(O)(CO)C(OC#CCc2cccc5c2CN(CC4=O)C5=O)C1O)C1CCCC1CC3. The highest BCUT2D eigenvalue weighted by molar-refractivity contribution is 6.13. The number of ether oxygens (including phenoxy) is 5. The summed E-state index contributed by atoms with van der Waals surface area (Å²) >= 11 is 0. The number of aryl methyl sites for hydroxylation is 1. The number of methoxy groups -OCH3 is 1. The van der Waals surface area contributed by atoms with Gasteiger partial charge in [0, 0.05) is 41.2 Å². The number of amides is 1. The van der Waals surface area contributed by atoms with Crippen molar-refractivity contribution in [2.45, 2.75) is 87.3 Å². The minimum absolute atomic E-state index is 0.00494. The Balaban J connectivity index is 1.19. The van der Waals surface area contributed by atoms with Crippen LogP contribution in [0, 0.1) is 17.9 Å². The molecular weight excluding hydrogens is 793 g/mol. The van der Waals surface area contributed by atoms with Crippen molar-refractivity contribution in [2.75, 3.05) is 26.9 Å². The van der Waals surface area contributed by atoms with Gasteiger partial charge in [0.15, 0.2) is 17.5 Å². The van der Waals surface area contributed by atoms with Crippen LogP contribution in [0.25, 0.3) is 27.8 Å². The van der Waals surface area contributed by atoms with Crippen LogP contribution in [0.4, 0.5) is 0 Å². The van der Waals surface area contributed by atoms with E-state index in [9.17, 15) is 25.2 Å². The lowest BCUT2D eigenvalue weighted by Gasteiger charge is -2.47. The number of hydrogen-bond acceptors (Lipinski definition) is 11. The largest absolute Gasteiger partial charge is 0.506 e. The standard InChI is InChI=1S/C49H46N2O11/c1-58-38-19-32-29-15-14-26-8-4-11-27(26)40(29)42-36(53)22-51-21-34-25(7-5-12-30(34)47(51)56)9-6-18-59-46-43(54)39-23-60-37(33-20-50-35-13-3-2-10-28(33)35)17-16-31(38)45(41(32)44(42)55)62-48(61-39)49(46,57)24-52/h2-3,5,7,10,12-13,16-17,19-20,26-27,37,39,43,46,48,50,52,54-55,57H,4,8-9,11,14-15,21-24H2,1H3. The van der Waals surface area contributed by atoms with Gasteiger partial charge in [-0.15, -0.1) is 0 Å². The first-order valence-electron chi connectivity index (χ1n) is 21.4. The highest BCUT2D eigenvalue weighted by Crippen LogP contribution is 2.55. The minimum Gasteiger partial charge on any atom is -0.506 e. The van der Waals surface area contributed by atoms with E-state index in [1.54, 1.807) is 18.2 Å². The lowest BCUT2D eigenvalue weighted by atomic mass is 9.72. The smallest absolute Gasteiger partial charge is 0.254 e. The molecule has 13 nitrogen and oxygen atoms in total. The van der Waals surface area contributed by atoms with Crippen LogP contribution in [0.2, 0.25) is 0 Å². The molecule has 4 aromatic carbocycles. The fraction of sp³-hybridized carbons (Fsp3) is 0.388. The number of aromatic nitrogens is 1. The van der Waals surface area contributed by atoms with Gasteiger partial charge in [0.25, 0.3) is 5.91 Å². The molecule has 5 heterocycles. The fourth-order valence-corrected chi connectivity index (χ4v) is 11.1. The Kier molecular flexibility index (Phi) is 9.37. The Morgan fingerprint density at radius 2 is 1.92 bits per heavy atom. The van der Waals surface area contributed by atoms with E-state index >= 15 is 4.79 Å². The van der Waals surface area contributed by atoms with E-state index in [1.165, 1.54) is 12.0 Å². The van der Waals surface area contributed by atoms with Crippen molar-refractivity contribution in [3.63, 3.8) is 0 Å². The van der Waals surface area contributed by atoms with Crippen molar-refractivity contribution in [1.82, 2.24) is 9.88 Å². The molecule has 1 saturated heterocycles. The second-order valence-electron chi connectivity index (χ2n) is 17.4. The lowest BCUT2D eigenvalue weighted by Crippen LogP contribution is -2.70. The minimum atomic E-state index is -2.43. The number of aliphatic hydroxyl groups is 3. The Bertz CT molecular complexity index is 2780. The summed E-state index contributed by atoms with van der Waals surface area (Å²) in [6.07, 6.45) is 5.72. The number of Topliss-reactive ketones (excluding diaryl/α,β-unsaturated/α-hetero) is 1. The number of hydrogen-bond donors (Lipinski definition) is 5. The molecule has 5 N–H and O–H groups in total. The Labute approximate surface area is 356 Å². The Morgan fingerprint density at radius 1 is 1.05 bits per heavy atom. The number of aliphatic hydroxyl groups excluding tert-OH is 2. The van der Waals surface area contributed by atoms with Gasteiger partial charge in [-0.05, 0) is 89.4 Å². The second-order valence-corrected chi connectivity index (χ2v) is 17.4. The number of ketones is 1. The zero-order valence-electron chi connectivity index (χ0n) is 34.1. The molecule has 0 spiro atoms. The number of H-pyrrole nitrogens is 1. The normalized spacial score (nSPS) is 28.8. The molecule has 62 heavy (non-hydrogen) atoms. The monoisotopic (exact) mass is 838 g/mol. The first-order chi connectivity index (χ1) is 30.2. The van der Waals surface area contributed by atoms with E-state index in [-0.39, 0.29) is 60.4 Å². The molecule has 1 amide bonds. The van der Waals surface area contributed by atoms with Gasteiger partial charge < -0.3 is 54.0 Å². The third-order valence-corrected chi connectivity index (χ3v) is 14.2. The van der Waals surface area contributed by atoms with Gasteiger partial charge >= 0.3 is 0 Å². The quantitative estimate of drug-likeness (QED) is 0.143. The molecule has 5 aromatic rings. The van der Waals surface area contributed by atoms with E-state index in [0.717, 1.165) is 64.4 Å². The van der Waals surface area contributed by atoms with E-state index in [2.05, 4.69) is 17.0 Å². The summed E-state index contributed by atoms with van der Waals surface area (Å²) in [6.45, 7) is -1.30. The molecule has 1 aromatic heterocycles. The lowest BCUT2D eigenvalue weighted by molar-refractivity contribution is -0.328. The number of carbonyl (C=O) groups excluding carboxylic acids is 2. The van der Waals surface area contributed by atoms with Gasteiger partial charge in [-0.3, -0.25) is 9.59 Å². The van der Waals surface area contributed by atoms with Gasteiger partial charge in [0.2, 0.25) is 6.29 Å². The van der Waals surface area contributed by atoms with E-state index in [1.807, 2.05) is 48.7 Å². The predicted octanol–water partition coefficient (Wildman–Crippen LogP) is 5.58.